The number of aromatic nitrogens is 1. The van der Waals surface area contributed by atoms with Gasteiger partial charge in [0.2, 0.25) is 0 Å². The number of hydrogen-bond donors (Lipinski definition) is 1. The summed E-state index contributed by atoms with van der Waals surface area (Å²) in [6, 6.07) is 5.86. The first-order chi connectivity index (χ1) is 9.47. The van der Waals surface area contributed by atoms with Gasteiger partial charge in [0.1, 0.15) is 11.5 Å². The van der Waals surface area contributed by atoms with Gasteiger partial charge in [0.25, 0.3) is 11.6 Å². The largest absolute Gasteiger partial charge is 0.361 e. The lowest BCUT2D eigenvalue weighted by Gasteiger charge is -2.05. The summed E-state index contributed by atoms with van der Waals surface area (Å²) < 4.78 is 5.53. The lowest BCUT2D eigenvalue weighted by Crippen LogP contribution is -2.23. The van der Waals surface area contributed by atoms with Crippen LogP contribution in [0.1, 0.15) is 21.8 Å². The zero-order valence-corrected chi connectivity index (χ0v) is 12.6. The van der Waals surface area contributed by atoms with E-state index in [0.29, 0.717) is 15.0 Å². The Morgan fingerprint density at radius 1 is 1.50 bits per heavy atom. The number of nitrogens with zero attached hydrogens (tertiary/aromatic N) is 2. The standard InChI is InChI=1S/C12H10IN3O4/c1-7-4-8(15-20-7)6-14-12(17)10-5-9(16(18)19)2-3-11(10)13/h2-5H,6H2,1H3,(H,14,17). The van der Waals surface area contributed by atoms with Gasteiger partial charge in [-0.3, -0.25) is 14.9 Å². The van der Waals surface area contributed by atoms with E-state index < -0.39 is 10.8 Å². The van der Waals surface area contributed by atoms with Gasteiger partial charge in [0.15, 0.2) is 0 Å². The van der Waals surface area contributed by atoms with E-state index in [2.05, 4.69) is 10.5 Å². The number of carbonyl (C=O) groups is 1. The minimum atomic E-state index is -0.534. The van der Waals surface area contributed by atoms with Gasteiger partial charge in [-0.1, -0.05) is 5.16 Å². The average Bonchev–Trinajstić information content (AvgIpc) is 2.82. The molecule has 0 fully saturated rings. The SMILES string of the molecule is Cc1cc(CNC(=O)c2cc([N+](=O)[O-])ccc2I)no1. The molecule has 104 valence electrons. The quantitative estimate of drug-likeness (QED) is 0.494. The van der Waals surface area contributed by atoms with Gasteiger partial charge in [-0.05, 0) is 35.6 Å². The van der Waals surface area contributed by atoms with Crippen molar-refractivity contribution in [3.8, 4) is 0 Å². The number of aryl methyl sites for hydroxylation is 1. The van der Waals surface area contributed by atoms with Crippen LogP contribution in [0.3, 0.4) is 0 Å². The summed E-state index contributed by atoms with van der Waals surface area (Å²) in [5.41, 5.74) is 0.740. The van der Waals surface area contributed by atoms with Crippen molar-refractivity contribution in [3.63, 3.8) is 0 Å². The molecule has 1 heterocycles. The fourth-order valence-electron chi connectivity index (χ4n) is 1.57. The molecule has 1 amide bonds. The zero-order chi connectivity index (χ0) is 14.7. The van der Waals surface area contributed by atoms with Gasteiger partial charge < -0.3 is 9.84 Å². The maximum Gasteiger partial charge on any atom is 0.270 e. The number of benzene rings is 1. The molecule has 2 aromatic rings. The normalized spacial score (nSPS) is 10.3. The number of halogens is 1. The van der Waals surface area contributed by atoms with E-state index in [1.165, 1.54) is 18.2 Å². The number of hydrogen-bond acceptors (Lipinski definition) is 5. The molecule has 0 atom stereocenters. The maximum absolute atomic E-state index is 12.0. The van der Waals surface area contributed by atoms with Gasteiger partial charge in [-0.25, -0.2) is 0 Å². The average molecular weight is 387 g/mol. The molecule has 1 aromatic heterocycles. The predicted octanol–water partition coefficient (Wildman–Crippen LogP) is 2.43. The molecule has 0 aliphatic rings. The molecule has 8 heteroatoms. The number of nitrogens with one attached hydrogen (secondary N) is 1. The van der Waals surface area contributed by atoms with Crippen LogP contribution in [0, 0.1) is 20.6 Å². The lowest BCUT2D eigenvalue weighted by atomic mass is 10.2. The smallest absolute Gasteiger partial charge is 0.270 e. The lowest BCUT2D eigenvalue weighted by molar-refractivity contribution is -0.384. The highest BCUT2D eigenvalue weighted by Gasteiger charge is 2.15. The van der Waals surface area contributed by atoms with E-state index in [-0.39, 0.29) is 17.8 Å². The van der Waals surface area contributed by atoms with Gasteiger partial charge >= 0.3 is 0 Å². The summed E-state index contributed by atoms with van der Waals surface area (Å²) in [5.74, 6) is 0.262. The van der Waals surface area contributed by atoms with Crippen molar-refractivity contribution in [1.82, 2.24) is 10.5 Å². The number of amides is 1. The molecule has 20 heavy (non-hydrogen) atoms. The molecule has 1 N–H and O–H groups in total. The van der Waals surface area contributed by atoms with Crippen molar-refractivity contribution in [3.05, 3.63) is 55.0 Å². The summed E-state index contributed by atoms with van der Waals surface area (Å²) in [4.78, 5) is 22.2. The Bertz CT molecular complexity index is 668. The number of rotatable bonds is 4. The first kappa shape index (κ1) is 14.4. The Labute approximate surface area is 127 Å². The molecular weight excluding hydrogens is 377 g/mol. The molecule has 0 saturated carbocycles. The van der Waals surface area contributed by atoms with Crippen molar-refractivity contribution in [2.45, 2.75) is 13.5 Å². The Kier molecular flexibility index (Phi) is 4.32. The zero-order valence-electron chi connectivity index (χ0n) is 10.4. The van der Waals surface area contributed by atoms with Gasteiger partial charge in [0, 0.05) is 21.8 Å². The first-order valence-corrected chi connectivity index (χ1v) is 6.69. The van der Waals surface area contributed by atoms with Crippen molar-refractivity contribution >= 4 is 34.2 Å². The van der Waals surface area contributed by atoms with Crippen LogP contribution in [0.2, 0.25) is 0 Å². The monoisotopic (exact) mass is 387 g/mol. The second-order valence-electron chi connectivity index (χ2n) is 4.03. The summed E-state index contributed by atoms with van der Waals surface area (Å²) >= 11 is 1.96. The number of non-ortho nitro benzene ring substituents is 1. The summed E-state index contributed by atoms with van der Waals surface area (Å²) in [5, 5.41) is 17.1. The van der Waals surface area contributed by atoms with Crippen LogP contribution in [0.15, 0.2) is 28.8 Å². The van der Waals surface area contributed by atoms with Crippen LogP contribution in [-0.2, 0) is 6.54 Å². The Hall–Kier alpha value is -1.97. The van der Waals surface area contributed by atoms with Crippen LogP contribution >= 0.6 is 22.6 Å². The third kappa shape index (κ3) is 3.32. The van der Waals surface area contributed by atoms with Crippen LogP contribution in [0.5, 0.6) is 0 Å². The Morgan fingerprint density at radius 2 is 2.25 bits per heavy atom. The topological polar surface area (TPSA) is 98.3 Å². The van der Waals surface area contributed by atoms with Crippen LogP contribution in [-0.4, -0.2) is 16.0 Å². The highest BCUT2D eigenvalue weighted by atomic mass is 127. The molecule has 0 radical (unpaired) electrons. The van der Waals surface area contributed by atoms with Crippen molar-refractivity contribution < 1.29 is 14.2 Å². The minimum absolute atomic E-state index is 0.118. The fourth-order valence-corrected chi connectivity index (χ4v) is 2.15. The van der Waals surface area contributed by atoms with E-state index >= 15 is 0 Å². The molecule has 0 aliphatic carbocycles. The highest BCUT2D eigenvalue weighted by Crippen LogP contribution is 2.19. The van der Waals surface area contributed by atoms with E-state index in [4.69, 9.17) is 4.52 Å². The summed E-state index contributed by atoms with van der Waals surface area (Å²) in [6.45, 7) is 1.96. The van der Waals surface area contributed by atoms with E-state index in [0.717, 1.165) is 0 Å². The van der Waals surface area contributed by atoms with Gasteiger partial charge in [0.05, 0.1) is 17.0 Å². The van der Waals surface area contributed by atoms with Crippen LogP contribution in [0.25, 0.3) is 0 Å². The molecule has 0 spiro atoms. The summed E-state index contributed by atoms with van der Waals surface area (Å²) in [6.07, 6.45) is 0. The van der Waals surface area contributed by atoms with Crippen molar-refractivity contribution in [2.24, 2.45) is 0 Å². The van der Waals surface area contributed by atoms with E-state index in [1.807, 2.05) is 22.6 Å². The molecule has 0 aliphatic heterocycles. The third-order valence-corrected chi connectivity index (χ3v) is 3.45. The second kappa shape index (κ2) is 5.99. The predicted molar refractivity (Wildman–Crippen MR) is 78.2 cm³/mol. The molecule has 1 aromatic carbocycles. The molecule has 7 nitrogen and oxygen atoms in total. The van der Waals surface area contributed by atoms with E-state index in [9.17, 15) is 14.9 Å². The molecule has 0 unspecified atom stereocenters. The van der Waals surface area contributed by atoms with Crippen molar-refractivity contribution in [1.29, 1.82) is 0 Å². The maximum atomic E-state index is 12.0. The van der Waals surface area contributed by atoms with Gasteiger partial charge in [-0.15, -0.1) is 0 Å². The Balaban J connectivity index is 2.12. The van der Waals surface area contributed by atoms with Crippen LogP contribution < -0.4 is 5.32 Å². The molecule has 0 bridgehead atoms. The van der Waals surface area contributed by atoms with Crippen LogP contribution in [0.4, 0.5) is 5.69 Å². The Morgan fingerprint density at radius 3 is 2.85 bits per heavy atom. The first-order valence-electron chi connectivity index (χ1n) is 5.61. The number of carbonyl (C=O) groups excluding carboxylic acids is 1. The van der Waals surface area contributed by atoms with Gasteiger partial charge in [-0.2, -0.15) is 0 Å². The fraction of sp³-hybridized carbons (Fsp3) is 0.167. The highest BCUT2D eigenvalue weighted by molar-refractivity contribution is 14.1. The molecular formula is C12H10IN3O4. The summed E-state index contributed by atoms with van der Waals surface area (Å²) in [7, 11) is 0. The number of nitro benzene ring substituents is 1. The second-order valence-corrected chi connectivity index (χ2v) is 5.20. The number of nitro groups is 1. The molecule has 0 saturated heterocycles. The molecule has 2 rings (SSSR count). The third-order valence-electron chi connectivity index (χ3n) is 2.51. The van der Waals surface area contributed by atoms with E-state index in [1.54, 1.807) is 13.0 Å². The van der Waals surface area contributed by atoms with Crippen molar-refractivity contribution in [2.75, 3.05) is 0 Å². The minimum Gasteiger partial charge on any atom is -0.361 e.